The molecule has 0 saturated carbocycles. The third-order valence-corrected chi connectivity index (χ3v) is 8.72. The number of carbonyl (C=O) groups is 2. The summed E-state index contributed by atoms with van der Waals surface area (Å²) in [6, 6.07) is 0. The number of aliphatic hydroxyl groups excluding tert-OH is 3. The molecule has 0 bridgehead atoms. The van der Waals surface area contributed by atoms with E-state index in [2.05, 4.69) is 13.8 Å². The molecule has 0 fully saturated rings. The molecule has 0 spiro atoms. The number of carboxylic acids is 2. The molecular weight excluding hydrogens is 652 g/mol. The number of aliphatic hydroxyl groups is 3. The van der Waals surface area contributed by atoms with Gasteiger partial charge in [0.25, 0.3) is 0 Å². The first-order valence-electron chi connectivity index (χ1n) is 20.3. The fraction of sp³-hybridized carbons (Fsp3) is 0.950. The van der Waals surface area contributed by atoms with Crippen molar-refractivity contribution in [3.8, 4) is 0 Å². The second-order valence-electron chi connectivity index (χ2n) is 13.4. The van der Waals surface area contributed by atoms with Crippen LogP contribution in [0.4, 0.5) is 0 Å². The van der Waals surface area contributed by atoms with E-state index in [9.17, 15) is 19.8 Å². The molecule has 290 valence electrons. The fourth-order valence-corrected chi connectivity index (χ4v) is 5.69. The minimum Gasteiger partial charge on any atom is -0.550 e. The van der Waals surface area contributed by atoms with Gasteiger partial charge in [-0.3, -0.25) is 4.90 Å². The quantitative estimate of drug-likeness (QED) is 0.0650. The van der Waals surface area contributed by atoms with E-state index in [1.807, 2.05) is 0 Å². The van der Waals surface area contributed by atoms with Gasteiger partial charge >= 0.3 is 59.1 Å². The summed E-state index contributed by atoms with van der Waals surface area (Å²) in [6.07, 6.45) is 36.8. The first-order valence-corrected chi connectivity index (χ1v) is 20.3. The van der Waals surface area contributed by atoms with Gasteiger partial charge in [-0.25, -0.2) is 0 Å². The van der Waals surface area contributed by atoms with Gasteiger partial charge in [-0.05, 0) is 25.7 Å². The van der Waals surface area contributed by atoms with Gasteiger partial charge < -0.3 is 35.1 Å². The zero-order valence-corrected chi connectivity index (χ0v) is 37.9. The Kier molecular flexibility index (Phi) is 67.9. The molecule has 8 nitrogen and oxygen atoms in total. The third-order valence-electron chi connectivity index (χ3n) is 8.72. The summed E-state index contributed by atoms with van der Waals surface area (Å²) in [6.45, 7) is 6.28. The van der Waals surface area contributed by atoms with E-state index in [4.69, 9.17) is 15.3 Å². The Balaban J connectivity index is -0.000000208. The van der Waals surface area contributed by atoms with Gasteiger partial charge in [0.15, 0.2) is 0 Å². The maximum absolute atomic E-state index is 10.2. The average Bonchev–Trinajstić information content (AvgIpc) is 3.06. The van der Waals surface area contributed by atoms with E-state index >= 15 is 0 Å². The minimum atomic E-state index is -0.905. The van der Waals surface area contributed by atoms with Crippen molar-refractivity contribution >= 4 is 11.9 Å². The number of hydrogen-bond acceptors (Lipinski definition) is 8. The number of carboxylic acid groups (broad SMARTS) is 2. The van der Waals surface area contributed by atoms with Crippen LogP contribution in [0, 0.1) is 0 Å². The van der Waals surface area contributed by atoms with E-state index in [0.717, 1.165) is 25.7 Å². The second-order valence-corrected chi connectivity index (χ2v) is 13.4. The van der Waals surface area contributed by atoms with Crippen molar-refractivity contribution in [3.63, 3.8) is 0 Å². The molecule has 0 heterocycles. The summed E-state index contributed by atoms with van der Waals surface area (Å²) in [5.41, 5.74) is 0. The summed E-state index contributed by atoms with van der Waals surface area (Å²) in [5, 5.41) is 45.9. The van der Waals surface area contributed by atoms with Gasteiger partial charge in [0.1, 0.15) is 0 Å². The SMILES string of the molecule is CCCCCCCCCCCCCCCC(=O)[O-].CCCCCCCCCCCCCCCCCC(=O)[O-].OCCN(CCO)CCO.[Na+].[Na+]. The van der Waals surface area contributed by atoms with Crippen molar-refractivity contribution in [1.29, 1.82) is 0 Å². The molecule has 0 rings (SSSR count). The van der Waals surface area contributed by atoms with Gasteiger partial charge in [-0.15, -0.1) is 0 Å². The first kappa shape index (κ1) is 60.0. The Hall–Kier alpha value is 0.780. The van der Waals surface area contributed by atoms with E-state index in [-0.39, 0.29) is 91.8 Å². The summed E-state index contributed by atoms with van der Waals surface area (Å²) in [5.74, 6) is -1.81. The maximum Gasteiger partial charge on any atom is 1.00 e. The third kappa shape index (κ3) is 63.8. The molecule has 0 aliphatic carbocycles. The molecule has 0 aliphatic rings. The number of hydrogen-bond donors (Lipinski definition) is 3. The van der Waals surface area contributed by atoms with Gasteiger partial charge in [0, 0.05) is 31.6 Å². The van der Waals surface area contributed by atoms with Gasteiger partial charge in [0.05, 0.1) is 19.8 Å². The monoisotopic (exact) mass is 734 g/mol. The predicted molar refractivity (Wildman–Crippen MR) is 198 cm³/mol. The van der Waals surface area contributed by atoms with Crippen molar-refractivity contribution in [2.45, 2.75) is 206 Å². The van der Waals surface area contributed by atoms with E-state index < -0.39 is 11.9 Å². The maximum atomic E-state index is 10.2. The molecule has 3 N–H and O–H groups in total. The fourth-order valence-electron chi connectivity index (χ4n) is 5.69. The van der Waals surface area contributed by atoms with Crippen molar-refractivity contribution in [2.75, 3.05) is 39.5 Å². The summed E-state index contributed by atoms with van der Waals surface area (Å²) in [7, 11) is 0. The number of unbranched alkanes of at least 4 members (excludes halogenated alkanes) is 26. The van der Waals surface area contributed by atoms with Crippen LogP contribution in [0.15, 0.2) is 0 Å². The largest absolute Gasteiger partial charge is 1.00 e. The molecule has 0 saturated heterocycles. The molecular formula is C40H81NNa2O7. The molecule has 0 unspecified atom stereocenters. The standard InChI is InChI=1S/C18H36O2.C16H32O2.C6H15NO3.2Na/c1-2-3-4-5-6-7-8-9-10-11-12-13-14-15-16-17-18(19)20;1-2-3-4-5-6-7-8-9-10-11-12-13-14-15-16(17)18;8-4-1-7(2-5-9)3-6-10;;/h2-17H2,1H3,(H,19,20);2-15H2,1H3,(H,17,18);8-10H,1-6H2;;/q;;;2*+1/p-2. The summed E-state index contributed by atoms with van der Waals surface area (Å²) < 4.78 is 0. The Labute approximate surface area is 354 Å². The average molecular weight is 734 g/mol. The Morgan fingerprint density at radius 2 is 0.560 bits per heavy atom. The van der Waals surface area contributed by atoms with Crippen LogP contribution in [0.3, 0.4) is 0 Å². The predicted octanol–water partition coefficient (Wildman–Crippen LogP) is 1.49. The molecule has 0 radical (unpaired) electrons. The van der Waals surface area contributed by atoms with Crippen LogP contribution < -0.4 is 69.3 Å². The van der Waals surface area contributed by atoms with Crippen molar-refractivity contribution in [2.24, 2.45) is 0 Å². The summed E-state index contributed by atoms with van der Waals surface area (Å²) >= 11 is 0. The first-order chi connectivity index (χ1) is 23.4. The van der Waals surface area contributed by atoms with Gasteiger partial charge in [0.2, 0.25) is 0 Å². The topological polar surface area (TPSA) is 144 Å². The van der Waals surface area contributed by atoms with Crippen LogP contribution in [-0.2, 0) is 9.59 Å². The molecule has 0 amide bonds. The van der Waals surface area contributed by atoms with Crippen LogP contribution >= 0.6 is 0 Å². The number of rotatable bonds is 36. The van der Waals surface area contributed by atoms with E-state index in [0.29, 0.717) is 19.6 Å². The van der Waals surface area contributed by atoms with Crippen molar-refractivity contribution in [1.82, 2.24) is 4.90 Å². The Morgan fingerprint density at radius 3 is 0.720 bits per heavy atom. The zero-order valence-electron chi connectivity index (χ0n) is 33.9. The van der Waals surface area contributed by atoms with Crippen molar-refractivity contribution < 1.29 is 94.2 Å². The van der Waals surface area contributed by atoms with Crippen molar-refractivity contribution in [3.05, 3.63) is 0 Å². The van der Waals surface area contributed by atoms with Crippen LogP contribution in [0.1, 0.15) is 206 Å². The van der Waals surface area contributed by atoms with E-state index in [1.54, 1.807) is 4.90 Å². The Morgan fingerprint density at radius 1 is 0.380 bits per heavy atom. The molecule has 0 aromatic rings. The number of nitrogens with zero attached hydrogens (tertiary/aromatic N) is 1. The van der Waals surface area contributed by atoms with Crippen LogP contribution in [0.5, 0.6) is 0 Å². The molecule has 0 aliphatic heterocycles. The molecule has 0 atom stereocenters. The smallest absolute Gasteiger partial charge is 0.550 e. The molecule has 50 heavy (non-hydrogen) atoms. The number of aliphatic carboxylic acids is 2. The van der Waals surface area contributed by atoms with Crippen LogP contribution in [0.2, 0.25) is 0 Å². The Bertz CT molecular complexity index is 604. The van der Waals surface area contributed by atoms with Crippen LogP contribution in [0.25, 0.3) is 0 Å². The van der Waals surface area contributed by atoms with Gasteiger partial charge in [-0.1, -0.05) is 181 Å². The molecule has 10 heteroatoms. The molecule has 0 aromatic heterocycles. The van der Waals surface area contributed by atoms with Crippen LogP contribution in [-0.4, -0.2) is 71.6 Å². The minimum absolute atomic E-state index is 0. The number of carbonyl (C=O) groups excluding carboxylic acids is 2. The second kappa shape index (κ2) is 56.5. The molecule has 0 aromatic carbocycles. The summed E-state index contributed by atoms with van der Waals surface area (Å²) in [4.78, 5) is 22.2. The van der Waals surface area contributed by atoms with E-state index in [1.165, 1.54) is 154 Å². The normalized spacial score (nSPS) is 10.4. The van der Waals surface area contributed by atoms with Gasteiger partial charge in [-0.2, -0.15) is 0 Å². The zero-order chi connectivity index (χ0) is 36.2.